The summed E-state index contributed by atoms with van der Waals surface area (Å²) in [6.45, 7) is -0.403. The Morgan fingerprint density at radius 1 is 1.04 bits per heavy atom. The van der Waals surface area contributed by atoms with Crippen molar-refractivity contribution in [3.63, 3.8) is 0 Å². The van der Waals surface area contributed by atoms with Gasteiger partial charge in [-0.1, -0.05) is 0 Å². The van der Waals surface area contributed by atoms with Crippen LogP contribution >= 0.6 is 0 Å². The van der Waals surface area contributed by atoms with Gasteiger partial charge in [0.25, 0.3) is 5.91 Å². The highest BCUT2D eigenvalue weighted by atomic mass is 19.2. The van der Waals surface area contributed by atoms with E-state index in [1.165, 1.54) is 25.3 Å². The van der Waals surface area contributed by atoms with Crippen LogP contribution < -0.4 is 5.32 Å². The topological polar surface area (TPSA) is 55.4 Å². The third kappa shape index (κ3) is 3.14. The van der Waals surface area contributed by atoms with Crippen molar-refractivity contribution in [2.75, 3.05) is 11.9 Å². The van der Waals surface area contributed by atoms with Gasteiger partial charge in [-0.2, -0.15) is 0 Å². The second-order valence-electron chi connectivity index (χ2n) is 7.95. The van der Waals surface area contributed by atoms with Crippen LogP contribution in [0.5, 0.6) is 0 Å². The smallest absolute Gasteiger partial charge is 0.312 e. The highest BCUT2D eigenvalue weighted by molar-refractivity contribution is 5.93. The van der Waals surface area contributed by atoms with E-state index in [0.29, 0.717) is 17.8 Å². The zero-order chi connectivity index (χ0) is 17.6. The van der Waals surface area contributed by atoms with Crippen molar-refractivity contribution in [1.82, 2.24) is 0 Å². The number of nitrogens with one attached hydrogen (secondary N) is 1. The Balaban J connectivity index is 1.34. The molecule has 5 rings (SSSR count). The first-order valence-corrected chi connectivity index (χ1v) is 8.86. The molecule has 0 heterocycles. The van der Waals surface area contributed by atoms with Gasteiger partial charge in [-0.3, -0.25) is 9.59 Å². The van der Waals surface area contributed by atoms with E-state index in [0.717, 1.165) is 31.4 Å². The molecule has 4 saturated carbocycles. The molecule has 1 aromatic rings. The molecule has 0 spiro atoms. The number of benzene rings is 1. The summed E-state index contributed by atoms with van der Waals surface area (Å²) in [6, 6.07) is 3.09. The molecule has 4 aliphatic rings. The van der Waals surface area contributed by atoms with Crippen LogP contribution in [0, 0.1) is 34.8 Å². The molecule has 0 unspecified atom stereocenters. The molecular weight excluding hydrogens is 328 g/mol. The lowest BCUT2D eigenvalue weighted by atomic mass is 9.49. The third-order valence-corrected chi connectivity index (χ3v) is 6.01. The maximum Gasteiger partial charge on any atom is 0.312 e. The lowest BCUT2D eigenvalue weighted by Crippen LogP contribution is -2.50. The highest BCUT2D eigenvalue weighted by Crippen LogP contribution is 2.60. The zero-order valence-corrected chi connectivity index (χ0v) is 13.9. The first-order chi connectivity index (χ1) is 11.9. The fraction of sp³-hybridized carbons (Fsp3) is 0.579. The Hall–Kier alpha value is -1.98. The number of halogens is 2. The largest absolute Gasteiger partial charge is 0.455 e. The van der Waals surface area contributed by atoms with E-state index < -0.39 is 29.6 Å². The summed E-state index contributed by atoms with van der Waals surface area (Å²) >= 11 is 0. The molecule has 0 atom stereocenters. The number of rotatable bonds is 4. The predicted molar refractivity (Wildman–Crippen MR) is 86.6 cm³/mol. The molecular formula is C19H21F2NO3. The molecule has 0 aromatic heterocycles. The molecule has 1 aromatic carbocycles. The van der Waals surface area contributed by atoms with Gasteiger partial charge in [0.1, 0.15) is 0 Å². The van der Waals surface area contributed by atoms with Gasteiger partial charge < -0.3 is 10.1 Å². The van der Waals surface area contributed by atoms with E-state index in [2.05, 4.69) is 5.32 Å². The average molecular weight is 349 g/mol. The molecule has 25 heavy (non-hydrogen) atoms. The molecule has 0 saturated heterocycles. The van der Waals surface area contributed by atoms with Crippen molar-refractivity contribution < 1.29 is 23.1 Å². The van der Waals surface area contributed by atoms with Gasteiger partial charge in [-0.25, -0.2) is 8.78 Å². The van der Waals surface area contributed by atoms with Crippen molar-refractivity contribution in [2.24, 2.45) is 23.2 Å². The first kappa shape index (κ1) is 16.5. The van der Waals surface area contributed by atoms with Crippen LogP contribution in [0.2, 0.25) is 0 Å². The molecule has 1 N–H and O–H groups in total. The summed E-state index contributed by atoms with van der Waals surface area (Å²) in [7, 11) is 0. The molecule has 1 amide bonds. The van der Waals surface area contributed by atoms with E-state index >= 15 is 0 Å². The minimum atomic E-state index is -1.04. The third-order valence-electron chi connectivity index (χ3n) is 6.01. The number of hydrogen-bond acceptors (Lipinski definition) is 3. The van der Waals surface area contributed by atoms with E-state index in [4.69, 9.17) is 4.74 Å². The second-order valence-corrected chi connectivity index (χ2v) is 7.95. The fourth-order valence-electron chi connectivity index (χ4n) is 5.42. The van der Waals surface area contributed by atoms with Gasteiger partial charge in [0.2, 0.25) is 0 Å². The van der Waals surface area contributed by atoms with E-state index in [9.17, 15) is 18.4 Å². The van der Waals surface area contributed by atoms with Gasteiger partial charge in [0.15, 0.2) is 18.2 Å². The summed E-state index contributed by atoms with van der Waals surface area (Å²) in [5.41, 5.74) is -0.272. The maximum atomic E-state index is 13.2. The lowest BCUT2D eigenvalue weighted by molar-refractivity contribution is -0.172. The summed E-state index contributed by atoms with van der Waals surface area (Å²) in [4.78, 5) is 24.6. The molecule has 4 nitrogen and oxygen atoms in total. The molecule has 134 valence electrons. The van der Waals surface area contributed by atoms with E-state index in [-0.39, 0.29) is 11.7 Å². The number of esters is 1. The Kier molecular flexibility index (Phi) is 4.01. The van der Waals surface area contributed by atoms with Crippen LogP contribution in [0.25, 0.3) is 0 Å². The minimum absolute atomic E-state index is 0.134. The summed E-state index contributed by atoms with van der Waals surface area (Å²) < 4.78 is 31.3. The van der Waals surface area contributed by atoms with Crippen molar-refractivity contribution in [1.29, 1.82) is 0 Å². The Morgan fingerprint density at radius 2 is 1.64 bits per heavy atom. The number of carbonyl (C=O) groups excluding carboxylic acids is 2. The summed E-state index contributed by atoms with van der Waals surface area (Å²) in [5, 5.41) is 2.42. The Morgan fingerprint density at radius 3 is 2.20 bits per heavy atom. The number of anilines is 1. The number of hydrogen-bond donors (Lipinski definition) is 1. The van der Waals surface area contributed by atoms with Crippen LogP contribution in [-0.4, -0.2) is 18.5 Å². The van der Waals surface area contributed by atoms with Crippen LogP contribution in [0.3, 0.4) is 0 Å². The normalized spacial score (nSPS) is 32.5. The molecule has 4 bridgehead atoms. The lowest BCUT2D eigenvalue weighted by Gasteiger charge is -2.55. The molecule has 6 heteroatoms. The Labute approximate surface area is 144 Å². The van der Waals surface area contributed by atoms with Crippen molar-refractivity contribution in [3.05, 3.63) is 29.8 Å². The van der Waals surface area contributed by atoms with Crippen LogP contribution in [-0.2, 0) is 14.3 Å². The summed E-state index contributed by atoms with van der Waals surface area (Å²) in [6.07, 6.45) is 6.31. The summed E-state index contributed by atoms with van der Waals surface area (Å²) in [5.74, 6) is -0.981. The fourth-order valence-corrected chi connectivity index (χ4v) is 5.42. The molecule has 0 radical (unpaired) electrons. The van der Waals surface area contributed by atoms with Crippen LogP contribution in [0.4, 0.5) is 14.5 Å². The highest BCUT2D eigenvalue weighted by Gasteiger charge is 2.55. The molecule has 4 aliphatic carbocycles. The van der Waals surface area contributed by atoms with E-state index in [1.54, 1.807) is 0 Å². The number of amides is 1. The van der Waals surface area contributed by atoms with Crippen molar-refractivity contribution >= 4 is 17.6 Å². The van der Waals surface area contributed by atoms with Gasteiger partial charge in [-0.05, 0) is 68.4 Å². The SMILES string of the molecule is O=C(COC(=O)C12CC3CC(CC(C3)C1)C2)Nc1ccc(F)c(F)c1. The van der Waals surface area contributed by atoms with Gasteiger partial charge in [0.05, 0.1) is 5.41 Å². The second kappa shape index (κ2) is 6.07. The standard InChI is InChI=1S/C19H21F2NO3/c20-15-2-1-14(6-16(15)21)22-17(23)10-25-18(24)19-7-11-3-12(8-19)5-13(4-11)9-19/h1-2,6,11-13H,3-5,7-10H2,(H,22,23). The zero-order valence-electron chi connectivity index (χ0n) is 13.9. The quantitative estimate of drug-likeness (QED) is 0.844. The van der Waals surface area contributed by atoms with Gasteiger partial charge in [-0.15, -0.1) is 0 Å². The van der Waals surface area contributed by atoms with Gasteiger partial charge >= 0.3 is 5.97 Å². The van der Waals surface area contributed by atoms with Crippen molar-refractivity contribution in [2.45, 2.75) is 38.5 Å². The van der Waals surface area contributed by atoms with Crippen LogP contribution in [0.1, 0.15) is 38.5 Å². The molecule has 0 aliphatic heterocycles. The Bertz CT molecular complexity index is 683. The predicted octanol–water partition coefficient (Wildman–Crippen LogP) is 3.66. The maximum absolute atomic E-state index is 13.2. The number of ether oxygens (including phenoxy) is 1. The van der Waals surface area contributed by atoms with Gasteiger partial charge in [0, 0.05) is 11.8 Å². The van der Waals surface area contributed by atoms with Crippen molar-refractivity contribution in [3.8, 4) is 0 Å². The monoisotopic (exact) mass is 349 g/mol. The van der Waals surface area contributed by atoms with Crippen LogP contribution in [0.15, 0.2) is 18.2 Å². The molecule has 4 fully saturated rings. The van der Waals surface area contributed by atoms with E-state index in [1.807, 2.05) is 0 Å². The minimum Gasteiger partial charge on any atom is -0.455 e. The first-order valence-electron chi connectivity index (χ1n) is 8.86. The average Bonchev–Trinajstić information content (AvgIpc) is 2.55. The number of carbonyl (C=O) groups is 2.